The van der Waals surface area contributed by atoms with Gasteiger partial charge in [0.25, 0.3) is 0 Å². The summed E-state index contributed by atoms with van der Waals surface area (Å²) in [4.78, 5) is 0. The van der Waals surface area contributed by atoms with Gasteiger partial charge in [-0.05, 0) is 20.0 Å². The average Bonchev–Trinajstić information content (AvgIpc) is 2.50. The Morgan fingerprint density at radius 2 is 2.31 bits per heavy atom. The van der Waals surface area contributed by atoms with E-state index in [1.54, 1.807) is 0 Å². The topological polar surface area (TPSA) is 38.1 Å². The van der Waals surface area contributed by atoms with Crippen LogP contribution in [0.15, 0.2) is 22.7 Å². The summed E-state index contributed by atoms with van der Waals surface area (Å²) in [6.07, 6.45) is 0. The van der Waals surface area contributed by atoms with Gasteiger partial charge in [-0.1, -0.05) is 17.3 Å². The molecule has 0 saturated carbocycles. The van der Waals surface area contributed by atoms with Crippen LogP contribution in [0.25, 0.3) is 11.0 Å². The number of aromatic nitrogens is 1. The number of benzene rings is 1. The van der Waals surface area contributed by atoms with Crippen LogP contribution < -0.4 is 5.32 Å². The molecule has 13 heavy (non-hydrogen) atoms. The standard InChI is InChI=1S/C10H12N2O/c1-7-9-5-3-4-8(6-11-2)10(9)13-12-7/h3-5,11H,6H2,1-2H3. The third kappa shape index (κ3) is 1.31. The molecule has 0 unspecified atom stereocenters. The second kappa shape index (κ2) is 3.18. The first kappa shape index (κ1) is 8.26. The largest absolute Gasteiger partial charge is 0.356 e. The molecule has 0 radical (unpaired) electrons. The number of hydrogen-bond donors (Lipinski definition) is 1. The molecule has 1 aromatic heterocycles. The van der Waals surface area contributed by atoms with Gasteiger partial charge < -0.3 is 9.84 Å². The van der Waals surface area contributed by atoms with Gasteiger partial charge in [0.15, 0.2) is 5.58 Å². The number of rotatable bonds is 2. The lowest BCUT2D eigenvalue weighted by atomic mass is 10.1. The Labute approximate surface area is 76.7 Å². The Hall–Kier alpha value is -1.35. The summed E-state index contributed by atoms with van der Waals surface area (Å²) in [7, 11) is 1.92. The summed E-state index contributed by atoms with van der Waals surface area (Å²) in [5.41, 5.74) is 3.00. The van der Waals surface area contributed by atoms with Gasteiger partial charge in [-0.2, -0.15) is 0 Å². The summed E-state index contributed by atoms with van der Waals surface area (Å²) in [6.45, 7) is 2.76. The molecule has 1 N–H and O–H groups in total. The van der Waals surface area contributed by atoms with Crippen molar-refractivity contribution in [2.24, 2.45) is 0 Å². The first-order chi connectivity index (χ1) is 6.33. The van der Waals surface area contributed by atoms with Crippen LogP contribution in [-0.4, -0.2) is 12.2 Å². The van der Waals surface area contributed by atoms with Crippen LogP contribution >= 0.6 is 0 Å². The minimum absolute atomic E-state index is 0.811. The van der Waals surface area contributed by atoms with Crippen molar-refractivity contribution in [1.29, 1.82) is 0 Å². The molecule has 0 aliphatic rings. The summed E-state index contributed by atoms with van der Waals surface area (Å²) in [5, 5.41) is 8.14. The molecule has 0 bridgehead atoms. The maximum Gasteiger partial charge on any atom is 0.171 e. The van der Waals surface area contributed by atoms with Crippen LogP contribution in [-0.2, 0) is 6.54 Å². The molecule has 1 heterocycles. The average molecular weight is 176 g/mol. The van der Waals surface area contributed by atoms with E-state index in [9.17, 15) is 0 Å². The zero-order valence-electron chi connectivity index (χ0n) is 7.79. The molecule has 3 heteroatoms. The lowest BCUT2D eigenvalue weighted by Gasteiger charge is -1.98. The van der Waals surface area contributed by atoms with Crippen molar-refractivity contribution in [2.45, 2.75) is 13.5 Å². The van der Waals surface area contributed by atoms with Gasteiger partial charge in [0.2, 0.25) is 0 Å². The first-order valence-corrected chi connectivity index (χ1v) is 4.31. The highest BCUT2D eigenvalue weighted by Crippen LogP contribution is 2.21. The Morgan fingerprint density at radius 3 is 3.08 bits per heavy atom. The van der Waals surface area contributed by atoms with Crippen molar-refractivity contribution in [3.05, 3.63) is 29.5 Å². The Balaban J connectivity index is 2.63. The Bertz CT molecular complexity index is 420. The van der Waals surface area contributed by atoms with Crippen molar-refractivity contribution in [1.82, 2.24) is 10.5 Å². The molecule has 0 aliphatic carbocycles. The third-order valence-corrected chi connectivity index (χ3v) is 2.13. The third-order valence-electron chi connectivity index (χ3n) is 2.13. The highest BCUT2D eigenvalue weighted by Gasteiger charge is 2.07. The highest BCUT2D eigenvalue weighted by atomic mass is 16.5. The monoisotopic (exact) mass is 176 g/mol. The summed E-state index contributed by atoms with van der Waals surface area (Å²) in [5.74, 6) is 0. The van der Waals surface area contributed by atoms with E-state index in [1.165, 1.54) is 0 Å². The predicted octanol–water partition coefficient (Wildman–Crippen LogP) is 1.86. The molecule has 0 aliphatic heterocycles. The molecule has 3 nitrogen and oxygen atoms in total. The van der Waals surface area contributed by atoms with Crippen molar-refractivity contribution in [2.75, 3.05) is 7.05 Å². The van der Waals surface area contributed by atoms with Crippen LogP contribution in [0.3, 0.4) is 0 Å². The predicted molar refractivity (Wildman–Crippen MR) is 51.5 cm³/mol. The van der Waals surface area contributed by atoms with Gasteiger partial charge >= 0.3 is 0 Å². The maximum absolute atomic E-state index is 5.24. The van der Waals surface area contributed by atoms with Crippen LogP contribution in [0.2, 0.25) is 0 Å². The molecule has 0 saturated heterocycles. The zero-order chi connectivity index (χ0) is 9.26. The van der Waals surface area contributed by atoms with E-state index in [-0.39, 0.29) is 0 Å². The number of hydrogen-bond acceptors (Lipinski definition) is 3. The molecule has 68 valence electrons. The van der Waals surface area contributed by atoms with Crippen LogP contribution in [0.5, 0.6) is 0 Å². The quantitative estimate of drug-likeness (QED) is 0.758. The zero-order valence-corrected chi connectivity index (χ0v) is 7.79. The molecular weight excluding hydrogens is 164 g/mol. The molecule has 0 fully saturated rings. The minimum atomic E-state index is 0.811. The second-order valence-corrected chi connectivity index (χ2v) is 3.09. The van der Waals surface area contributed by atoms with E-state index < -0.39 is 0 Å². The summed E-state index contributed by atoms with van der Waals surface area (Å²) < 4.78 is 5.24. The van der Waals surface area contributed by atoms with Gasteiger partial charge in [-0.3, -0.25) is 0 Å². The fraction of sp³-hybridized carbons (Fsp3) is 0.300. The molecule has 2 aromatic rings. The number of para-hydroxylation sites is 1. The van der Waals surface area contributed by atoms with E-state index in [4.69, 9.17) is 4.52 Å². The molecule has 0 spiro atoms. The lowest BCUT2D eigenvalue weighted by molar-refractivity contribution is 0.447. The van der Waals surface area contributed by atoms with E-state index in [0.717, 1.165) is 28.8 Å². The normalized spacial score (nSPS) is 10.9. The van der Waals surface area contributed by atoms with Crippen molar-refractivity contribution in [3.8, 4) is 0 Å². The van der Waals surface area contributed by atoms with Crippen molar-refractivity contribution >= 4 is 11.0 Å². The molecule has 0 amide bonds. The minimum Gasteiger partial charge on any atom is -0.356 e. The van der Waals surface area contributed by atoms with Crippen LogP contribution in [0.1, 0.15) is 11.3 Å². The lowest BCUT2D eigenvalue weighted by Crippen LogP contribution is -2.04. The highest BCUT2D eigenvalue weighted by molar-refractivity contribution is 5.82. The van der Waals surface area contributed by atoms with Gasteiger partial charge in [0.05, 0.1) is 5.69 Å². The van der Waals surface area contributed by atoms with E-state index >= 15 is 0 Å². The van der Waals surface area contributed by atoms with Gasteiger partial charge in [0.1, 0.15) is 0 Å². The van der Waals surface area contributed by atoms with E-state index in [1.807, 2.05) is 32.2 Å². The van der Waals surface area contributed by atoms with Crippen molar-refractivity contribution < 1.29 is 4.52 Å². The van der Waals surface area contributed by atoms with Crippen molar-refractivity contribution in [3.63, 3.8) is 0 Å². The number of nitrogens with one attached hydrogen (secondary N) is 1. The van der Waals surface area contributed by atoms with E-state index in [0.29, 0.717) is 0 Å². The van der Waals surface area contributed by atoms with Gasteiger partial charge in [0, 0.05) is 17.5 Å². The van der Waals surface area contributed by atoms with Crippen LogP contribution in [0, 0.1) is 6.92 Å². The molecular formula is C10H12N2O. The number of fused-ring (bicyclic) bond motifs is 1. The number of aryl methyl sites for hydroxylation is 1. The molecule has 1 aromatic carbocycles. The first-order valence-electron chi connectivity index (χ1n) is 4.31. The fourth-order valence-corrected chi connectivity index (χ4v) is 1.47. The number of nitrogens with zero attached hydrogens (tertiary/aromatic N) is 1. The fourth-order valence-electron chi connectivity index (χ4n) is 1.47. The molecule has 0 atom stereocenters. The smallest absolute Gasteiger partial charge is 0.171 e. The van der Waals surface area contributed by atoms with Crippen LogP contribution in [0.4, 0.5) is 0 Å². The Morgan fingerprint density at radius 1 is 1.46 bits per heavy atom. The molecule has 2 rings (SSSR count). The Kier molecular flexibility index (Phi) is 2.02. The summed E-state index contributed by atoms with van der Waals surface area (Å²) in [6, 6.07) is 6.10. The second-order valence-electron chi connectivity index (χ2n) is 3.09. The summed E-state index contributed by atoms with van der Waals surface area (Å²) >= 11 is 0. The van der Waals surface area contributed by atoms with E-state index in [2.05, 4.69) is 10.5 Å². The SMILES string of the molecule is CNCc1cccc2c(C)noc12. The van der Waals surface area contributed by atoms with Gasteiger partial charge in [-0.15, -0.1) is 0 Å². The maximum atomic E-state index is 5.24. The van der Waals surface area contributed by atoms with Gasteiger partial charge in [-0.25, -0.2) is 0 Å².